The molecule has 0 aliphatic rings. The van der Waals surface area contributed by atoms with E-state index in [9.17, 15) is 4.79 Å². The number of hydrogen-bond donors (Lipinski definition) is 2. The van der Waals surface area contributed by atoms with Crippen molar-refractivity contribution in [3.05, 3.63) is 29.6 Å². The Morgan fingerprint density at radius 2 is 2.05 bits per heavy atom. The fraction of sp³-hybridized carbons (Fsp3) is 0.385. The zero-order valence-electron chi connectivity index (χ0n) is 11.8. The van der Waals surface area contributed by atoms with Gasteiger partial charge in [-0.3, -0.25) is 4.79 Å². The zero-order chi connectivity index (χ0) is 14.5. The lowest BCUT2D eigenvalue weighted by Crippen LogP contribution is -2.26. The highest BCUT2D eigenvalue weighted by molar-refractivity contribution is 5.72. The van der Waals surface area contributed by atoms with E-state index in [4.69, 9.17) is 0 Å². The van der Waals surface area contributed by atoms with Crippen molar-refractivity contribution in [3.63, 3.8) is 0 Å². The van der Waals surface area contributed by atoms with Crippen LogP contribution in [0.3, 0.4) is 0 Å². The first-order chi connectivity index (χ1) is 9.56. The second kappa shape index (κ2) is 6.14. The molecule has 0 aliphatic carbocycles. The van der Waals surface area contributed by atoms with Crippen LogP contribution in [-0.4, -0.2) is 39.0 Å². The van der Waals surface area contributed by atoms with Gasteiger partial charge in [-0.25, -0.2) is 4.68 Å². The van der Waals surface area contributed by atoms with Gasteiger partial charge in [0.15, 0.2) is 5.82 Å². The standard InChI is InChI=1S/C13H18N6O/c1-9-8-10(2)19(18-9)13-5-4-12(16-17-13)15-7-6-14-11(3)20/h4-5,8H,6-7H2,1-3H3,(H,14,20)(H,15,16). The summed E-state index contributed by atoms with van der Waals surface area (Å²) in [6.07, 6.45) is 0. The molecule has 0 bridgehead atoms. The number of rotatable bonds is 5. The Balaban J connectivity index is 1.96. The Bertz CT molecular complexity index is 589. The van der Waals surface area contributed by atoms with Crippen LogP contribution in [0.2, 0.25) is 0 Å². The summed E-state index contributed by atoms with van der Waals surface area (Å²) in [7, 11) is 0. The average Bonchev–Trinajstić information content (AvgIpc) is 2.74. The van der Waals surface area contributed by atoms with Crippen LogP contribution in [0.15, 0.2) is 18.2 Å². The Labute approximate surface area is 117 Å². The summed E-state index contributed by atoms with van der Waals surface area (Å²) in [5, 5.41) is 18.4. The molecule has 0 aromatic carbocycles. The Morgan fingerprint density at radius 3 is 2.60 bits per heavy atom. The van der Waals surface area contributed by atoms with E-state index in [2.05, 4.69) is 25.9 Å². The summed E-state index contributed by atoms with van der Waals surface area (Å²) in [6.45, 7) is 6.56. The van der Waals surface area contributed by atoms with Crippen molar-refractivity contribution in [2.24, 2.45) is 0 Å². The van der Waals surface area contributed by atoms with Crippen LogP contribution in [0.5, 0.6) is 0 Å². The topological polar surface area (TPSA) is 84.7 Å². The number of amides is 1. The van der Waals surface area contributed by atoms with E-state index >= 15 is 0 Å². The van der Waals surface area contributed by atoms with Crippen LogP contribution < -0.4 is 10.6 Å². The number of nitrogens with zero attached hydrogens (tertiary/aromatic N) is 4. The molecule has 1 amide bonds. The van der Waals surface area contributed by atoms with Crippen molar-refractivity contribution < 1.29 is 4.79 Å². The number of hydrogen-bond acceptors (Lipinski definition) is 5. The van der Waals surface area contributed by atoms with Crippen molar-refractivity contribution in [2.75, 3.05) is 18.4 Å². The molecule has 2 N–H and O–H groups in total. The predicted octanol–water partition coefficient (Wildman–Crippen LogP) is 0.827. The SMILES string of the molecule is CC(=O)NCCNc1ccc(-n2nc(C)cc2C)nn1. The Hall–Kier alpha value is -2.44. The Kier molecular flexibility index (Phi) is 4.29. The molecule has 0 saturated heterocycles. The van der Waals surface area contributed by atoms with Crippen molar-refractivity contribution >= 4 is 11.7 Å². The molecule has 0 saturated carbocycles. The lowest BCUT2D eigenvalue weighted by Gasteiger charge is -2.06. The fourth-order valence-corrected chi connectivity index (χ4v) is 1.82. The normalized spacial score (nSPS) is 10.3. The molecular weight excluding hydrogens is 256 g/mol. The lowest BCUT2D eigenvalue weighted by molar-refractivity contribution is -0.118. The molecule has 7 heteroatoms. The highest BCUT2D eigenvalue weighted by atomic mass is 16.1. The van der Waals surface area contributed by atoms with Gasteiger partial charge in [-0.15, -0.1) is 10.2 Å². The number of nitrogens with one attached hydrogen (secondary N) is 2. The first-order valence-corrected chi connectivity index (χ1v) is 6.42. The molecule has 0 fully saturated rings. The largest absolute Gasteiger partial charge is 0.367 e. The van der Waals surface area contributed by atoms with Gasteiger partial charge in [0.05, 0.1) is 5.69 Å². The zero-order valence-corrected chi connectivity index (χ0v) is 11.8. The molecule has 0 unspecified atom stereocenters. The lowest BCUT2D eigenvalue weighted by atomic mass is 10.4. The predicted molar refractivity (Wildman–Crippen MR) is 75.8 cm³/mol. The number of aryl methyl sites for hydroxylation is 2. The summed E-state index contributed by atoms with van der Waals surface area (Å²) < 4.78 is 1.75. The second-order valence-corrected chi connectivity index (χ2v) is 4.53. The van der Waals surface area contributed by atoms with Gasteiger partial charge in [0.1, 0.15) is 5.82 Å². The van der Waals surface area contributed by atoms with Crippen LogP contribution in [0, 0.1) is 13.8 Å². The van der Waals surface area contributed by atoms with E-state index in [0.717, 1.165) is 11.4 Å². The highest BCUT2D eigenvalue weighted by Crippen LogP contribution is 2.10. The van der Waals surface area contributed by atoms with Gasteiger partial charge in [0.2, 0.25) is 5.91 Å². The van der Waals surface area contributed by atoms with Crippen LogP contribution in [0.1, 0.15) is 18.3 Å². The molecule has 7 nitrogen and oxygen atoms in total. The minimum Gasteiger partial charge on any atom is -0.367 e. The van der Waals surface area contributed by atoms with E-state index in [1.165, 1.54) is 6.92 Å². The maximum atomic E-state index is 10.7. The van der Waals surface area contributed by atoms with Gasteiger partial charge >= 0.3 is 0 Å². The first kappa shape index (κ1) is 14.0. The first-order valence-electron chi connectivity index (χ1n) is 6.42. The Morgan fingerprint density at radius 1 is 1.25 bits per heavy atom. The van der Waals surface area contributed by atoms with E-state index < -0.39 is 0 Å². The summed E-state index contributed by atoms with van der Waals surface area (Å²) in [5.74, 6) is 1.31. The van der Waals surface area contributed by atoms with E-state index in [1.54, 1.807) is 4.68 Å². The van der Waals surface area contributed by atoms with Crippen LogP contribution in [-0.2, 0) is 4.79 Å². The van der Waals surface area contributed by atoms with Gasteiger partial charge in [-0.2, -0.15) is 5.10 Å². The van der Waals surface area contributed by atoms with E-state index in [-0.39, 0.29) is 5.91 Å². The van der Waals surface area contributed by atoms with Gasteiger partial charge in [-0.05, 0) is 32.0 Å². The second-order valence-electron chi connectivity index (χ2n) is 4.53. The third kappa shape index (κ3) is 3.53. The maximum Gasteiger partial charge on any atom is 0.216 e. The van der Waals surface area contributed by atoms with Crippen LogP contribution in [0.25, 0.3) is 5.82 Å². The van der Waals surface area contributed by atoms with Crippen molar-refractivity contribution in [3.8, 4) is 5.82 Å². The van der Waals surface area contributed by atoms with Gasteiger partial charge < -0.3 is 10.6 Å². The number of carbonyl (C=O) groups is 1. The van der Waals surface area contributed by atoms with Crippen LogP contribution >= 0.6 is 0 Å². The molecule has 20 heavy (non-hydrogen) atoms. The third-order valence-corrected chi connectivity index (χ3v) is 2.68. The minimum atomic E-state index is -0.0437. The summed E-state index contributed by atoms with van der Waals surface area (Å²) in [6, 6.07) is 5.68. The molecule has 106 valence electrons. The quantitative estimate of drug-likeness (QED) is 0.789. The van der Waals surface area contributed by atoms with Gasteiger partial charge in [-0.1, -0.05) is 0 Å². The highest BCUT2D eigenvalue weighted by Gasteiger charge is 2.05. The molecule has 2 aromatic rings. The molecule has 0 atom stereocenters. The molecule has 0 spiro atoms. The molecular formula is C13H18N6O. The molecule has 0 radical (unpaired) electrons. The van der Waals surface area contributed by atoms with Crippen molar-refractivity contribution in [1.29, 1.82) is 0 Å². The molecule has 2 aromatic heterocycles. The van der Waals surface area contributed by atoms with Crippen molar-refractivity contribution in [1.82, 2.24) is 25.3 Å². The average molecular weight is 274 g/mol. The molecule has 2 heterocycles. The van der Waals surface area contributed by atoms with Crippen molar-refractivity contribution in [2.45, 2.75) is 20.8 Å². The van der Waals surface area contributed by atoms with Gasteiger partial charge in [0.25, 0.3) is 0 Å². The summed E-state index contributed by atoms with van der Waals surface area (Å²) in [4.78, 5) is 10.7. The third-order valence-electron chi connectivity index (χ3n) is 2.68. The fourth-order valence-electron chi connectivity index (χ4n) is 1.82. The molecule has 2 rings (SSSR count). The summed E-state index contributed by atoms with van der Waals surface area (Å²) in [5.41, 5.74) is 1.96. The number of aromatic nitrogens is 4. The number of anilines is 1. The smallest absolute Gasteiger partial charge is 0.216 e. The van der Waals surface area contributed by atoms with Crippen LogP contribution in [0.4, 0.5) is 5.82 Å². The van der Waals surface area contributed by atoms with E-state index in [1.807, 2.05) is 32.0 Å². The summed E-state index contributed by atoms with van der Waals surface area (Å²) >= 11 is 0. The number of carbonyl (C=O) groups excluding carboxylic acids is 1. The minimum absolute atomic E-state index is 0.0437. The molecule has 0 aliphatic heterocycles. The van der Waals surface area contributed by atoms with E-state index in [0.29, 0.717) is 24.7 Å². The monoisotopic (exact) mass is 274 g/mol. The maximum absolute atomic E-state index is 10.7. The van der Waals surface area contributed by atoms with Gasteiger partial charge in [0, 0.05) is 25.7 Å².